The molecule has 0 amide bonds. The number of rotatable bonds is 5. The van der Waals surface area contributed by atoms with E-state index in [0.29, 0.717) is 0 Å². The maximum Gasteiger partial charge on any atom is 0.141 e. The van der Waals surface area contributed by atoms with Gasteiger partial charge in [-0.3, -0.25) is 0 Å². The quantitative estimate of drug-likeness (QED) is 0.880. The summed E-state index contributed by atoms with van der Waals surface area (Å²) in [6.07, 6.45) is 0. The molecule has 0 saturated carbocycles. The van der Waals surface area contributed by atoms with Crippen LogP contribution in [0.1, 0.15) is 10.9 Å². The van der Waals surface area contributed by atoms with Crippen LogP contribution >= 0.6 is 27.3 Å². The first-order valence-corrected chi connectivity index (χ1v) is 7.11. The van der Waals surface area contributed by atoms with Crippen LogP contribution in [0.25, 0.3) is 0 Å². The monoisotopic (exact) mass is 327 g/mol. The third kappa shape index (κ3) is 3.04. The van der Waals surface area contributed by atoms with Gasteiger partial charge in [-0.25, -0.2) is 0 Å². The minimum absolute atomic E-state index is 0.0327. The highest BCUT2D eigenvalue weighted by molar-refractivity contribution is 9.11. The van der Waals surface area contributed by atoms with Gasteiger partial charge in [-0.1, -0.05) is 12.1 Å². The number of ether oxygens (including phenoxy) is 1. The fourth-order valence-corrected chi connectivity index (χ4v) is 3.14. The summed E-state index contributed by atoms with van der Waals surface area (Å²) >= 11 is 5.03. The zero-order valence-corrected chi connectivity index (χ0v) is 12.3. The topological polar surface area (TPSA) is 41.5 Å². The molecule has 5 heteroatoms. The van der Waals surface area contributed by atoms with Crippen LogP contribution in [0, 0.1) is 0 Å². The van der Waals surface area contributed by atoms with Gasteiger partial charge in [0.05, 0.1) is 29.2 Å². The van der Waals surface area contributed by atoms with E-state index in [1.165, 1.54) is 0 Å². The van der Waals surface area contributed by atoms with Crippen LogP contribution in [0.4, 0.5) is 5.69 Å². The molecule has 1 aromatic carbocycles. The van der Waals surface area contributed by atoms with Crippen molar-refractivity contribution in [2.45, 2.75) is 6.04 Å². The van der Waals surface area contributed by atoms with Crippen LogP contribution in [0.5, 0.6) is 5.75 Å². The second-order valence-electron chi connectivity index (χ2n) is 3.72. The number of hydrogen-bond acceptors (Lipinski definition) is 4. The largest absolute Gasteiger partial charge is 0.495 e. The molecule has 0 aliphatic heterocycles. The first kappa shape index (κ1) is 13.4. The SMILES string of the molecule is COc1ccccc1NC(CO)c1ccc(Br)s1. The molecule has 18 heavy (non-hydrogen) atoms. The Kier molecular flexibility index (Phi) is 4.63. The van der Waals surface area contributed by atoms with Gasteiger partial charge in [0, 0.05) is 4.88 Å². The number of aliphatic hydroxyl groups excluding tert-OH is 1. The molecule has 2 rings (SSSR count). The maximum absolute atomic E-state index is 9.50. The lowest BCUT2D eigenvalue weighted by Gasteiger charge is -2.18. The van der Waals surface area contributed by atoms with E-state index in [0.717, 1.165) is 20.1 Å². The van der Waals surface area contributed by atoms with E-state index in [2.05, 4.69) is 21.2 Å². The molecule has 3 nitrogen and oxygen atoms in total. The molecule has 0 saturated heterocycles. The highest BCUT2D eigenvalue weighted by Crippen LogP contribution is 2.32. The predicted molar refractivity (Wildman–Crippen MR) is 78.5 cm³/mol. The lowest BCUT2D eigenvalue weighted by atomic mass is 10.2. The second-order valence-corrected chi connectivity index (χ2v) is 6.22. The molecule has 0 fully saturated rings. The van der Waals surface area contributed by atoms with Gasteiger partial charge in [0.2, 0.25) is 0 Å². The van der Waals surface area contributed by atoms with E-state index in [4.69, 9.17) is 4.74 Å². The van der Waals surface area contributed by atoms with Gasteiger partial charge in [-0.2, -0.15) is 0 Å². The number of aliphatic hydroxyl groups is 1. The Hall–Kier alpha value is -1.04. The molecule has 0 bridgehead atoms. The van der Waals surface area contributed by atoms with Crippen molar-refractivity contribution in [2.75, 3.05) is 19.0 Å². The van der Waals surface area contributed by atoms with Crippen molar-refractivity contribution < 1.29 is 9.84 Å². The third-order valence-corrected chi connectivity index (χ3v) is 4.29. The molecule has 1 heterocycles. The molecule has 0 radical (unpaired) electrons. The lowest BCUT2D eigenvalue weighted by molar-refractivity contribution is 0.277. The summed E-state index contributed by atoms with van der Waals surface area (Å²) in [4.78, 5) is 1.08. The van der Waals surface area contributed by atoms with E-state index in [9.17, 15) is 5.11 Å². The summed E-state index contributed by atoms with van der Waals surface area (Å²) in [5, 5.41) is 12.8. The molecule has 0 aliphatic rings. The Morgan fingerprint density at radius 3 is 2.72 bits per heavy atom. The van der Waals surface area contributed by atoms with E-state index < -0.39 is 0 Å². The van der Waals surface area contributed by atoms with Gasteiger partial charge >= 0.3 is 0 Å². The van der Waals surface area contributed by atoms with Gasteiger partial charge < -0.3 is 15.2 Å². The van der Waals surface area contributed by atoms with Gasteiger partial charge in [-0.15, -0.1) is 11.3 Å². The number of hydrogen-bond donors (Lipinski definition) is 2. The second kappa shape index (κ2) is 6.22. The number of anilines is 1. The molecule has 1 unspecified atom stereocenters. The molecule has 96 valence electrons. The Morgan fingerprint density at radius 2 is 2.11 bits per heavy atom. The van der Waals surface area contributed by atoms with Crippen LogP contribution in [0.15, 0.2) is 40.2 Å². The Labute approximate surface area is 119 Å². The predicted octanol–water partition coefficient (Wildman–Crippen LogP) is 3.66. The smallest absolute Gasteiger partial charge is 0.141 e. The van der Waals surface area contributed by atoms with Crippen molar-refractivity contribution in [3.05, 3.63) is 45.1 Å². The minimum Gasteiger partial charge on any atom is -0.495 e. The molecule has 2 aromatic rings. The number of benzene rings is 1. The van der Waals surface area contributed by atoms with Crippen molar-refractivity contribution in [1.82, 2.24) is 0 Å². The average Bonchev–Trinajstić information content (AvgIpc) is 2.83. The van der Waals surface area contributed by atoms with Gasteiger partial charge in [0.25, 0.3) is 0 Å². The van der Waals surface area contributed by atoms with Crippen molar-refractivity contribution in [2.24, 2.45) is 0 Å². The first-order chi connectivity index (χ1) is 8.74. The molecule has 2 N–H and O–H groups in total. The highest BCUT2D eigenvalue weighted by Gasteiger charge is 2.14. The van der Waals surface area contributed by atoms with Crippen molar-refractivity contribution >= 4 is 33.0 Å². The zero-order chi connectivity index (χ0) is 13.0. The third-order valence-electron chi connectivity index (χ3n) is 2.56. The van der Waals surface area contributed by atoms with Gasteiger partial charge in [-0.05, 0) is 40.2 Å². The molecular weight excluding hydrogens is 314 g/mol. The Balaban J connectivity index is 2.20. The number of para-hydroxylation sites is 2. The number of thiophene rings is 1. The van der Waals surface area contributed by atoms with Gasteiger partial charge in [0.15, 0.2) is 0 Å². The van der Waals surface area contributed by atoms with Crippen molar-refractivity contribution in [3.63, 3.8) is 0 Å². The average molecular weight is 328 g/mol. The highest BCUT2D eigenvalue weighted by atomic mass is 79.9. The van der Waals surface area contributed by atoms with Crippen LogP contribution in [0.2, 0.25) is 0 Å². The molecule has 0 aliphatic carbocycles. The van der Waals surface area contributed by atoms with Gasteiger partial charge in [0.1, 0.15) is 5.75 Å². The van der Waals surface area contributed by atoms with Crippen molar-refractivity contribution in [1.29, 1.82) is 0 Å². The summed E-state index contributed by atoms with van der Waals surface area (Å²) in [5.74, 6) is 0.770. The van der Waals surface area contributed by atoms with Crippen molar-refractivity contribution in [3.8, 4) is 5.75 Å². The van der Waals surface area contributed by atoms with E-state index in [1.54, 1.807) is 18.4 Å². The molecular formula is C13H14BrNO2S. The summed E-state index contributed by atoms with van der Waals surface area (Å²) < 4.78 is 6.34. The van der Waals surface area contributed by atoms with Crippen LogP contribution in [-0.4, -0.2) is 18.8 Å². The minimum atomic E-state index is -0.127. The zero-order valence-electron chi connectivity index (χ0n) is 9.89. The summed E-state index contributed by atoms with van der Waals surface area (Å²) in [7, 11) is 1.64. The van der Waals surface area contributed by atoms with E-state index in [1.807, 2.05) is 36.4 Å². The van der Waals surface area contributed by atoms with E-state index >= 15 is 0 Å². The number of nitrogens with one attached hydrogen (secondary N) is 1. The fourth-order valence-electron chi connectivity index (χ4n) is 1.67. The Bertz CT molecular complexity index is 515. The summed E-state index contributed by atoms with van der Waals surface area (Å²) in [6, 6.07) is 11.5. The lowest BCUT2D eigenvalue weighted by Crippen LogP contribution is -2.14. The molecule has 1 aromatic heterocycles. The maximum atomic E-state index is 9.50. The normalized spacial score (nSPS) is 12.2. The Morgan fingerprint density at radius 1 is 1.33 bits per heavy atom. The van der Waals surface area contributed by atoms with E-state index in [-0.39, 0.29) is 12.6 Å². The summed E-state index contributed by atoms with van der Waals surface area (Å²) in [5.41, 5.74) is 0.878. The molecule has 0 spiro atoms. The first-order valence-electron chi connectivity index (χ1n) is 5.50. The van der Waals surface area contributed by atoms with Crippen LogP contribution in [0.3, 0.4) is 0 Å². The fraction of sp³-hybridized carbons (Fsp3) is 0.231. The van der Waals surface area contributed by atoms with Crippen LogP contribution in [-0.2, 0) is 0 Å². The van der Waals surface area contributed by atoms with Crippen LogP contribution < -0.4 is 10.1 Å². The number of halogens is 1. The summed E-state index contributed by atoms with van der Waals surface area (Å²) in [6.45, 7) is 0.0327. The molecule has 1 atom stereocenters. The standard InChI is InChI=1S/C13H14BrNO2S/c1-17-11-5-3-2-4-9(11)15-10(8-16)12-6-7-13(14)18-12/h2-7,10,15-16H,8H2,1H3. The number of methoxy groups -OCH3 is 1.